The van der Waals surface area contributed by atoms with E-state index in [-0.39, 0.29) is 0 Å². The first kappa shape index (κ1) is 13.9. The lowest BCUT2D eigenvalue weighted by atomic mass is 9.85. The van der Waals surface area contributed by atoms with Crippen molar-refractivity contribution in [2.75, 3.05) is 0 Å². The molecule has 2 fully saturated rings. The summed E-state index contributed by atoms with van der Waals surface area (Å²) >= 11 is 5.28. The summed E-state index contributed by atoms with van der Waals surface area (Å²) in [5.41, 5.74) is 0. The third kappa shape index (κ3) is 4.62. The van der Waals surface area contributed by atoms with Crippen LogP contribution in [0.2, 0.25) is 0 Å². The van der Waals surface area contributed by atoms with E-state index in [2.05, 4.69) is 45.2 Å². The van der Waals surface area contributed by atoms with E-state index in [0.717, 1.165) is 19.7 Å². The van der Waals surface area contributed by atoms with E-state index >= 15 is 0 Å². The van der Waals surface area contributed by atoms with E-state index in [1.54, 1.807) is 0 Å². The van der Waals surface area contributed by atoms with E-state index in [0.29, 0.717) is 0 Å². The summed E-state index contributed by atoms with van der Waals surface area (Å²) in [5.74, 6) is 2.17. The Hall–Kier alpha value is 1.46. The summed E-state index contributed by atoms with van der Waals surface area (Å²) in [4.78, 5) is 0. The maximum absolute atomic E-state index is 2.64. The highest BCUT2D eigenvalue weighted by Gasteiger charge is 2.23. The van der Waals surface area contributed by atoms with Gasteiger partial charge in [-0.1, -0.05) is 64.4 Å². The number of rotatable bonds is 4. The zero-order chi connectivity index (χ0) is 11.4. The van der Waals surface area contributed by atoms with Crippen LogP contribution in [0.15, 0.2) is 0 Å². The molecule has 16 heavy (non-hydrogen) atoms. The Labute approximate surface area is 128 Å². The molecule has 2 heteroatoms. The van der Waals surface area contributed by atoms with Crippen LogP contribution in [0.25, 0.3) is 0 Å². The fraction of sp³-hybridized carbons (Fsp3) is 1.00. The van der Waals surface area contributed by atoms with E-state index in [9.17, 15) is 0 Å². The molecule has 0 saturated heterocycles. The minimum Gasteiger partial charge on any atom is -0.0826 e. The second kappa shape index (κ2) is 7.15. The molecule has 94 valence electrons. The first-order valence-corrected chi connectivity index (χ1v) is 9.51. The molecule has 2 rings (SSSR count). The number of hydrogen-bond acceptors (Lipinski definition) is 0. The SMILES string of the molecule is IC1CCC(CCCC2CC[C@H](I)C2)CC1. The Balaban J connectivity index is 1.54. The molecule has 2 aliphatic carbocycles. The first-order valence-electron chi connectivity index (χ1n) is 7.02. The molecule has 0 aromatic carbocycles. The van der Waals surface area contributed by atoms with Gasteiger partial charge in [0.25, 0.3) is 0 Å². The van der Waals surface area contributed by atoms with Crippen LogP contribution in [-0.2, 0) is 0 Å². The fourth-order valence-corrected chi connectivity index (χ4v) is 5.18. The summed E-state index contributed by atoms with van der Waals surface area (Å²) < 4.78 is 1.99. The Kier molecular flexibility index (Phi) is 6.20. The van der Waals surface area contributed by atoms with Gasteiger partial charge < -0.3 is 0 Å². The zero-order valence-corrected chi connectivity index (χ0v) is 14.5. The van der Waals surface area contributed by atoms with E-state index in [4.69, 9.17) is 0 Å². The van der Waals surface area contributed by atoms with Crippen LogP contribution in [-0.4, -0.2) is 7.85 Å². The molecule has 0 radical (unpaired) electrons. The molecule has 0 amide bonds. The molecule has 0 aromatic heterocycles. The zero-order valence-electron chi connectivity index (χ0n) is 10.1. The molecule has 0 nitrogen and oxygen atoms in total. The van der Waals surface area contributed by atoms with Gasteiger partial charge in [-0.15, -0.1) is 0 Å². The second-order valence-electron chi connectivity index (χ2n) is 5.83. The normalized spacial score (nSPS) is 40.1. The van der Waals surface area contributed by atoms with Crippen molar-refractivity contribution in [2.24, 2.45) is 11.8 Å². The van der Waals surface area contributed by atoms with Crippen LogP contribution in [0.5, 0.6) is 0 Å². The molecule has 2 aliphatic rings. The molecule has 0 aromatic rings. The summed E-state index contributed by atoms with van der Waals surface area (Å²) in [6.45, 7) is 0. The van der Waals surface area contributed by atoms with Gasteiger partial charge in [-0.3, -0.25) is 0 Å². The lowest BCUT2D eigenvalue weighted by molar-refractivity contribution is 0.328. The van der Waals surface area contributed by atoms with Gasteiger partial charge in [-0.25, -0.2) is 0 Å². The average Bonchev–Trinajstić information content (AvgIpc) is 2.67. The van der Waals surface area contributed by atoms with Gasteiger partial charge in [-0.2, -0.15) is 0 Å². The van der Waals surface area contributed by atoms with Gasteiger partial charge in [0.15, 0.2) is 0 Å². The Morgan fingerprint density at radius 2 is 1.25 bits per heavy atom. The molecule has 0 aliphatic heterocycles. The number of hydrogen-bond donors (Lipinski definition) is 0. The maximum Gasteiger partial charge on any atom is 0.0112 e. The Morgan fingerprint density at radius 1 is 0.688 bits per heavy atom. The van der Waals surface area contributed by atoms with Crippen LogP contribution < -0.4 is 0 Å². The van der Waals surface area contributed by atoms with Gasteiger partial charge in [-0.05, 0) is 56.8 Å². The smallest absolute Gasteiger partial charge is 0.0112 e. The second-order valence-corrected chi connectivity index (χ2v) is 9.35. The van der Waals surface area contributed by atoms with Crippen molar-refractivity contribution in [1.82, 2.24) is 0 Å². The third-order valence-electron chi connectivity index (χ3n) is 4.48. The standard InChI is InChI=1S/C14H24I2/c15-13-7-4-11(5-8-13)2-1-3-12-6-9-14(16)10-12/h11-14H,1-10H2/t11?,12?,13?,14-/m0/s1. The van der Waals surface area contributed by atoms with Crippen molar-refractivity contribution in [1.29, 1.82) is 0 Å². The number of halogens is 2. The quantitative estimate of drug-likeness (QED) is 0.381. The molecular formula is C14H24I2. The largest absolute Gasteiger partial charge is 0.0826 e. The van der Waals surface area contributed by atoms with Gasteiger partial charge >= 0.3 is 0 Å². The van der Waals surface area contributed by atoms with Crippen LogP contribution in [0.4, 0.5) is 0 Å². The first-order chi connectivity index (χ1) is 7.74. The van der Waals surface area contributed by atoms with Crippen molar-refractivity contribution in [3.8, 4) is 0 Å². The van der Waals surface area contributed by atoms with Crippen LogP contribution >= 0.6 is 45.2 Å². The van der Waals surface area contributed by atoms with Crippen molar-refractivity contribution in [3.05, 3.63) is 0 Å². The van der Waals surface area contributed by atoms with Crippen molar-refractivity contribution in [3.63, 3.8) is 0 Å². The summed E-state index contributed by atoms with van der Waals surface area (Å²) in [5, 5.41) is 0. The highest BCUT2D eigenvalue weighted by atomic mass is 127. The summed E-state index contributed by atoms with van der Waals surface area (Å²) in [6.07, 6.45) is 15.1. The summed E-state index contributed by atoms with van der Waals surface area (Å²) in [6, 6.07) is 0. The Morgan fingerprint density at radius 3 is 1.88 bits per heavy atom. The van der Waals surface area contributed by atoms with E-state index in [1.807, 2.05) is 0 Å². The highest BCUT2D eigenvalue weighted by Crippen LogP contribution is 2.36. The average molecular weight is 446 g/mol. The van der Waals surface area contributed by atoms with Crippen molar-refractivity contribution < 1.29 is 0 Å². The highest BCUT2D eigenvalue weighted by molar-refractivity contribution is 14.1. The Bertz CT molecular complexity index is 197. The predicted molar refractivity (Wildman–Crippen MR) is 88.8 cm³/mol. The predicted octanol–water partition coefficient (Wildman–Crippen LogP) is 5.75. The minimum atomic E-state index is 0.989. The number of alkyl halides is 2. The van der Waals surface area contributed by atoms with Gasteiger partial charge in [0, 0.05) is 7.85 Å². The third-order valence-corrected chi connectivity index (χ3v) is 6.86. The lowest BCUT2D eigenvalue weighted by Crippen LogP contribution is -2.14. The molecular weight excluding hydrogens is 422 g/mol. The molecule has 0 heterocycles. The van der Waals surface area contributed by atoms with Crippen LogP contribution in [0, 0.1) is 11.8 Å². The molecule has 2 atom stereocenters. The van der Waals surface area contributed by atoms with Gasteiger partial charge in [0.05, 0.1) is 0 Å². The lowest BCUT2D eigenvalue weighted by Gasteiger charge is -2.25. The van der Waals surface area contributed by atoms with Crippen LogP contribution in [0.3, 0.4) is 0 Å². The van der Waals surface area contributed by atoms with E-state index < -0.39 is 0 Å². The molecule has 0 N–H and O–H groups in total. The van der Waals surface area contributed by atoms with E-state index in [1.165, 1.54) is 64.2 Å². The van der Waals surface area contributed by atoms with Gasteiger partial charge in [0.1, 0.15) is 0 Å². The van der Waals surface area contributed by atoms with Crippen LogP contribution in [0.1, 0.15) is 64.2 Å². The summed E-state index contributed by atoms with van der Waals surface area (Å²) in [7, 11) is 0. The molecule has 2 saturated carbocycles. The topological polar surface area (TPSA) is 0 Å². The molecule has 1 unspecified atom stereocenters. The minimum absolute atomic E-state index is 0.989. The van der Waals surface area contributed by atoms with Crippen molar-refractivity contribution >= 4 is 45.2 Å². The molecule has 0 bridgehead atoms. The van der Waals surface area contributed by atoms with Crippen molar-refractivity contribution in [2.45, 2.75) is 72.1 Å². The van der Waals surface area contributed by atoms with Gasteiger partial charge in [0.2, 0.25) is 0 Å². The fourth-order valence-electron chi connectivity index (χ4n) is 3.38. The molecule has 0 spiro atoms. The monoisotopic (exact) mass is 446 g/mol. The maximum atomic E-state index is 2.64.